The van der Waals surface area contributed by atoms with Crippen molar-refractivity contribution in [3.8, 4) is 0 Å². The van der Waals surface area contributed by atoms with E-state index >= 15 is 0 Å². The molecule has 0 aliphatic carbocycles. The van der Waals surface area contributed by atoms with Crippen molar-refractivity contribution in [3.63, 3.8) is 0 Å². The number of carbonyl (C=O) groups is 1. The first-order chi connectivity index (χ1) is 8.61. The van der Waals surface area contributed by atoms with E-state index in [4.69, 9.17) is 17.3 Å². The minimum absolute atomic E-state index is 0.106. The predicted octanol–water partition coefficient (Wildman–Crippen LogP) is 2.58. The number of hydrogen-bond donors (Lipinski definition) is 1. The van der Waals surface area contributed by atoms with Crippen LogP contribution >= 0.6 is 11.6 Å². The molecular formula is C13H18ClN3O. The molecule has 2 rings (SSSR count). The molecule has 2 heterocycles. The largest absolute Gasteiger partial charge is 0.384 e. The molecule has 0 aromatic carbocycles. The van der Waals surface area contributed by atoms with Crippen LogP contribution in [0.4, 0.5) is 5.82 Å². The molecule has 0 spiro atoms. The van der Waals surface area contributed by atoms with Crippen molar-refractivity contribution < 1.29 is 4.79 Å². The maximum Gasteiger partial charge on any atom is 0.274 e. The van der Waals surface area contributed by atoms with Crippen LogP contribution in [0.2, 0.25) is 5.02 Å². The average Bonchev–Trinajstić information content (AvgIpc) is 2.41. The molecule has 98 valence electrons. The third-order valence-corrected chi connectivity index (χ3v) is 3.76. The van der Waals surface area contributed by atoms with Crippen molar-refractivity contribution in [2.45, 2.75) is 26.2 Å². The van der Waals surface area contributed by atoms with Crippen LogP contribution in [0.25, 0.3) is 0 Å². The molecule has 0 saturated carbocycles. The van der Waals surface area contributed by atoms with Gasteiger partial charge in [0, 0.05) is 13.1 Å². The zero-order valence-electron chi connectivity index (χ0n) is 10.5. The summed E-state index contributed by atoms with van der Waals surface area (Å²) in [7, 11) is 0. The molecule has 0 bridgehead atoms. The molecule has 1 aliphatic rings. The van der Waals surface area contributed by atoms with Gasteiger partial charge in [-0.1, -0.05) is 24.9 Å². The number of nitrogens with zero attached hydrogens (tertiary/aromatic N) is 2. The van der Waals surface area contributed by atoms with E-state index in [-0.39, 0.29) is 11.6 Å². The van der Waals surface area contributed by atoms with Crippen LogP contribution in [-0.4, -0.2) is 28.9 Å². The molecule has 1 amide bonds. The minimum Gasteiger partial charge on any atom is -0.384 e. The summed E-state index contributed by atoms with van der Waals surface area (Å²) in [5.41, 5.74) is 5.88. The lowest BCUT2D eigenvalue weighted by atomic mass is 9.95. The number of halogens is 1. The number of nitrogen functional groups attached to an aromatic ring is 1. The number of likely N-dealkylation sites (tertiary alicyclic amines) is 1. The molecular weight excluding hydrogens is 250 g/mol. The number of nitrogens with two attached hydrogens (primary N) is 1. The van der Waals surface area contributed by atoms with E-state index in [1.165, 1.54) is 6.42 Å². The van der Waals surface area contributed by atoms with Gasteiger partial charge in [0.1, 0.15) is 11.5 Å². The number of hydrogen-bond acceptors (Lipinski definition) is 3. The molecule has 2 N–H and O–H groups in total. The molecule has 1 aromatic heterocycles. The van der Waals surface area contributed by atoms with Gasteiger partial charge in [-0.05, 0) is 30.9 Å². The van der Waals surface area contributed by atoms with Gasteiger partial charge in [-0.3, -0.25) is 4.79 Å². The van der Waals surface area contributed by atoms with Crippen molar-refractivity contribution in [1.82, 2.24) is 9.88 Å². The minimum atomic E-state index is -0.106. The van der Waals surface area contributed by atoms with Gasteiger partial charge in [-0.25, -0.2) is 4.98 Å². The second kappa shape index (κ2) is 5.57. The van der Waals surface area contributed by atoms with E-state index in [1.807, 2.05) is 4.90 Å². The lowest BCUT2D eigenvalue weighted by Gasteiger charge is -2.32. The van der Waals surface area contributed by atoms with Crippen LogP contribution in [0.5, 0.6) is 0 Å². The van der Waals surface area contributed by atoms with Gasteiger partial charge in [0.2, 0.25) is 0 Å². The van der Waals surface area contributed by atoms with Crippen LogP contribution < -0.4 is 5.73 Å². The Morgan fingerprint density at radius 2 is 2.39 bits per heavy atom. The number of piperidine rings is 1. The Morgan fingerprint density at radius 3 is 3.11 bits per heavy atom. The van der Waals surface area contributed by atoms with Crippen LogP contribution in [0, 0.1) is 5.92 Å². The Labute approximate surface area is 112 Å². The van der Waals surface area contributed by atoms with E-state index in [0.717, 1.165) is 25.9 Å². The Hall–Kier alpha value is -1.29. The molecule has 4 nitrogen and oxygen atoms in total. The van der Waals surface area contributed by atoms with Gasteiger partial charge in [0.05, 0.1) is 5.02 Å². The second-order valence-electron chi connectivity index (χ2n) is 4.73. The van der Waals surface area contributed by atoms with Gasteiger partial charge in [-0.2, -0.15) is 0 Å². The Balaban J connectivity index is 2.17. The van der Waals surface area contributed by atoms with E-state index < -0.39 is 0 Å². The first-order valence-electron chi connectivity index (χ1n) is 6.33. The van der Waals surface area contributed by atoms with E-state index in [0.29, 0.717) is 16.8 Å². The van der Waals surface area contributed by atoms with Crippen LogP contribution in [0.1, 0.15) is 36.7 Å². The first kappa shape index (κ1) is 13.1. The van der Waals surface area contributed by atoms with Gasteiger partial charge in [0.15, 0.2) is 0 Å². The van der Waals surface area contributed by atoms with Crippen molar-refractivity contribution in [2.75, 3.05) is 18.8 Å². The van der Waals surface area contributed by atoms with Crippen molar-refractivity contribution in [3.05, 3.63) is 22.8 Å². The molecule has 1 aliphatic heterocycles. The quantitative estimate of drug-likeness (QED) is 0.896. The first-order valence-corrected chi connectivity index (χ1v) is 6.71. The fourth-order valence-corrected chi connectivity index (χ4v) is 2.53. The topological polar surface area (TPSA) is 59.2 Å². The normalized spacial score (nSPS) is 19.9. The summed E-state index contributed by atoms with van der Waals surface area (Å²) in [6.07, 6.45) is 3.34. The highest BCUT2D eigenvalue weighted by molar-refractivity contribution is 6.33. The fourth-order valence-electron chi connectivity index (χ4n) is 2.34. The number of amides is 1. The summed E-state index contributed by atoms with van der Waals surface area (Å²) in [5.74, 6) is 0.805. The maximum atomic E-state index is 12.4. The highest BCUT2D eigenvalue weighted by Crippen LogP contribution is 2.23. The molecule has 5 heteroatoms. The molecule has 1 fully saturated rings. The monoisotopic (exact) mass is 267 g/mol. The second-order valence-corrected chi connectivity index (χ2v) is 5.14. The molecule has 1 saturated heterocycles. The zero-order chi connectivity index (χ0) is 13.1. The number of rotatable bonds is 2. The fraction of sp³-hybridized carbons (Fsp3) is 0.538. The molecule has 18 heavy (non-hydrogen) atoms. The number of pyridine rings is 1. The van der Waals surface area contributed by atoms with Crippen molar-refractivity contribution >= 4 is 23.3 Å². The van der Waals surface area contributed by atoms with Crippen molar-refractivity contribution in [2.24, 2.45) is 5.92 Å². The maximum absolute atomic E-state index is 12.4. The smallest absolute Gasteiger partial charge is 0.274 e. The summed E-state index contributed by atoms with van der Waals surface area (Å²) in [5, 5.41) is 0.368. The summed E-state index contributed by atoms with van der Waals surface area (Å²) in [4.78, 5) is 18.2. The summed E-state index contributed by atoms with van der Waals surface area (Å²) >= 11 is 6.02. The van der Waals surface area contributed by atoms with Gasteiger partial charge in [0.25, 0.3) is 5.91 Å². The van der Waals surface area contributed by atoms with Crippen molar-refractivity contribution in [1.29, 1.82) is 0 Å². The Bertz CT molecular complexity index is 450. The Morgan fingerprint density at radius 1 is 1.61 bits per heavy atom. The molecule has 0 radical (unpaired) electrons. The van der Waals surface area contributed by atoms with Gasteiger partial charge >= 0.3 is 0 Å². The molecule has 1 atom stereocenters. The Kier molecular flexibility index (Phi) is 4.07. The number of aromatic nitrogens is 1. The summed E-state index contributed by atoms with van der Waals surface area (Å²) in [6.45, 7) is 3.73. The van der Waals surface area contributed by atoms with Gasteiger partial charge < -0.3 is 10.6 Å². The number of carbonyl (C=O) groups excluding carboxylic acids is 1. The SMILES string of the molecule is CCC1CCCN(C(=O)c2nc(N)ccc2Cl)C1. The van der Waals surface area contributed by atoms with Gasteiger partial charge in [-0.15, -0.1) is 0 Å². The van der Waals surface area contributed by atoms with E-state index in [1.54, 1.807) is 12.1 Å². The van der Waals surface area contributed by atoms with E-state index in [9.17, 15) is 4.79 Å². The average molecular weight is 268 g/mol. The lowest BCUT2D eigenvalue weighted by Crippen LogP contribution is -2.40. The van der Waals surface area contributed by atoms with Crippen LogP contribution in [-0.2, 0) is 0 Å². The third kappa shape index (κ3) is 2.75. The zero-order valence-corrected chi connectivity index (χ0v) is 11.3. The standard InChI is InChI=1S/C13H18ClN3O/c1-2-9-4-3-7-17(8-9)13(18)12-10(14)5-6-11(15)16-12/h5-6,9H,2-4,7-8H2,1H3,(H2,15,16). The molecule has 1 aromatic rings. The molecule has 1 unspecified atom stereocenters. The summed E-state index contributed by atoms with van der Waals surface area (Å²) in [6, 6.07) is 3.22. The van der Waals surface area contributed by atoms with Crippen LogP contribution in [0.15, 0.2) is 12.1 Å². The third-order valence-electron chi connectivity index (χ3n) is 3.45. The highest BCUT2D eigenvalue weighted by atomic mass is 35.5. The van der Waals surface area contributed by atoms with Crippen LogP contribution in [0.3, 0.4) is 0 Å². The highest BCUT2D eigenvalue weighted by Gasteiger charge is 2.25. The summed E-state index contributed by atoms with van der Waals surface area (Å²) < 4.78 is 0. The predicted molar refractivity (Wildman–Crippen MR) is 72.6 cm³/mol. The number of anilines is 1. The lowest BCUT2D eigenvalue weighted by molar-refractivity contribution is 0.0665. The van der Waals surface area contributed by atoms with E-state index in [2.05, 4.69) is 11.9 Å².